The number of rotatable bonds is 3. The van der Waals surface area contributed by atoms with Gasteiger partial charge in [-0.2, -0.15) is 0 Å². The zero-order chi connectivity index (χ0) is 12.4. The van der Waals surface area contributed by atoms with Gasteiger partial charge < -0.3 is 9.88 Å². The van der Waals surface area contributed by atoms with Crippen molar-refractivity contribution >= 4 is 32.5 Å². The van der Waals surface area contributed by atoms with Gasteiger partial charge in [0.25, 0.3) is 5.56 Å². The fourth-order valence-corrected chi connectivity index (χ4v) is 1.89. The normalized spacial score (nSPS) is 10.5. The maximum absolute atomic E-state index is 11.8. The molecule has 2 rings (SSSR count). The third-order valence-corrected chi connectivity index (χ3v) is 2.90. The summed E-state index contributed by atoms with van der Waals surface area (Å²) < 4.78 is 2.49. The number of fused-ring (bicyclic) bond motifs is 1. The molecule has 0 aliphatic carbocycles. The van der Waals surface area contributed by atoms with Crippen LogP contribution in [0.25, 0.3) is 10.9 Å². The summed E-state index contributed by atoms with van der Waals surface area (Å²) in [5, 5.41) is 4.23. The summed E-state index contributed by atoms with van der Waals surface area (Å²) in [5.41, 5.74) is 1.73. The van der Waals surface area contributed by atoms with Gasteiger partial charge in [-0.25, -0.2) is 0 Å². The molecule has 0 fully saturated rings. The molecule has 1 aromatic heterocycles. The van der Waals surface area contributed by atoms with Crippen LogP contribution in [0.15, 0.2) is 46.2 Å². The van der Waals surface area contributed by atoms with Gasteiger partial charge in [-0.1, -0.05) is 40.7 Å². The molecule has 0 aliphatic heterocycles. The van der Waals surface area contributed by atoms with E-state index in [4.69, 9.17) is 0 Å². The number of para-hydroxylation sites is 1. The first-order chi connectivity index (χ1) is 8.09. The molecule has 0 saturated heterocycles. The van der Waals surface area contributed by atoms with Crippen molar-refractivity contribution < 1.29 is 0 Å². The predicted molar refractivity (Wildman–Crippen MR) is 75.7 cm³/mol. The van der Waals surface area contributed by atoms with Gasteiger partial charge in [0.1, 0.15) is 0 Å². The van der Waals surface area contributed by atoms with Crippen molar-refractivity contribution in [1.82, 2.24) is 4.57 Å². The van der Waals surface area contributed by atoms with Crippen LogP contribution in [0.5, 0.6) is 0 Å². The van der Waals surface area contributed by atoms with Crippen LogP contribution in [0.4, 0.5) is 5.69 Å². The predicted octanol–water partition coefficient (Wildman–Crippen LogP) is 2.86. The van der Waals surface area contributed by atoms with Crippen molar-refractivity contribution in [2.75, 3.05) is 11.9 Å². The second kappa shape index (κ2) is 4.75. The zero-order valence-electron chi connectivity index (χ0n) is 9.53. The second-order valence-corrected chi connectivity index (χ2v) is 4.96. The number of benzene rings is 1. The minimum Gasteiger partial charge on any atom is -0.380 e. The molecule has 1 aromatic carbocycles. The van der Waals surface area contributed by atoms with Crippen LogP contribution in [0.3, 0.4) is 0 Å². The molecule has 0 aliphatic rings. The summed E-state index contributed by atoms with van der Waals surface area (Å²) >= 11 is 3.29. The Morgan fingerprint density at radius 2 is 2.18 bits per heavy atom. The highest BCUT2D eigenvalue weighted by atomic mass is 79.9. The van der Waals surface area contributed by atoms with Crippen molar-refractivity contribution in [2.45, 2.75) is 0 Å². The monoisotopic (exact) mass is 292 g/mol. The number of aryl methyl sites for hydroxylation is 1. The van der Waals surface area contributed by atoms with Gasteiger partial charge in [-0.15, -0.1) is 0 Å². The Kier molecular flexibility index (Phi) is 3.33. The molecule has 2 aromatic rings. The highest BCUT2D eigenvalue weighted by molar-refractivity contribution is 9.11. The lowest BCUT2D eigenvalue weighted by atomic mass is 10.2. The molecule has 0 spiro atoms. The molecular formula is C13H13BrN2O. The zero-order valence-corrected chi connectivity index (χ0v) is 11.1. The molecule has 0 saturated carbocycles. The van der Waals surface area contributed by atoms with Crippen molar-refractivity contribution in [3.8, 4) is 0 Å². The van der Waals surface area contributed by atoms with Gasteiger partial charge in [0, 0.05) is 35.2 Å². The third-order valence-electron chi connectivity index (χ3n) is 2.62. The van der Waals surface area contributed by atoms with E-state index < -0.39 is 0 Å². The van der Waals surface area contributed by atoms with E-state index >= 15 is 0 Å². The molecule has 0 radical (unpaired) electrons. The van der Waals surface area contributed by atoms with E-state index in [0.717, 1.165) is 21.1 Å². The van der Waals surface area contributed by atoms with Crippen molar-refractivity contribution in [3.63, 3.8) is 0 Å². The molecule has 0 atom stereocenters. The minimum absolute atomic E-state index is 0.0219. The average Bonchev–Trinajstić information content (AvgIpc) is 2.32. The number of nitrogens with zero attached hydrogens (tertiary/aromatic N) is 1. The van der Waals surface area contributed by atoms with Crippen LogP contribution in [-0.4, -0.2) is 11.1 Å². The molecular weight excluding hydrogens is 280 g/mol. The Hall–Kier alpha value is -1.55. The summed E-state index contributed by atoms with van der Waals surface area (Å²) in [4.78, 5) is 11.8. The molecule has 0 bridgehead atoms. The Bertz CT molecular complexity index is 631. The summed E-state index contributed by atoms with van der Waals surface area (Å²) in [6.45, 7) is 4.36. The van der Waals surface area contributed by atoms with E-state index in [2.05, 4.69) is 27.8 Å². The Labute approximate surface area is 108 Å². The van der Waals surface area contributed by atoms with Crippen LogP contribution < -0.4 is 10.9 Å². The van der Waals surface area contributed by atoms with Crippen LogP contribution >= 0.6 is 15.9 Å². The number of pyridine rings is 1. The lowest BCUT2D eigenvalue weighted by Crippen LogP contribution is -2.17. The first-order valence-corrected chi connectivity index (χ1v) is 6.05. The summed E-state index contributed by atoms with van der Waals surface area (Å²) in [6.07, 6.45) is 0. The van der Waals surface area contributed by atoms with E-state index in [9.17, 15) is 4.79 Å². The summed E-state index contributed by atoms with van der Waals surface area (Å²) in [6, 6.07) is 9.42. The average molecular weight is 293 g/mol. The third kappa shape index (κ3) is 2.42. The van der Waals surface area contributed by atoms with E-state index in [1.807, 2.05) is 24.3 Å². The SMILES string of the molecule is C=C(Br)CNc1cc(=O)n(C)c2ccccc12. The largest absolute Gasteiger partial charge is 0.380 e. The van der Waals surface area contributed by atoms with Crippen LogP contribution in [0.1, 0.15) is 0 Å². The highest BCUT2D eigenvalue weighted by Gasteiger charge is 2.05. The minimum atomic E-state index is -0.0219. The van der Waals surface area contributed by atoms with Gasteiger partial charge in [0.2, 0.25) is 0 Å². The fraction of sp³-hybridized carbons (Fsp3) is 0.154. The Morgan fingerprint density at radius 3 is 2.88 bits per heavy atom. The Morgan fingerprint density at radius 1 is 1.47 bits per heavy atom. The van der Waals surface area contributed by atoms with E-state index in [-0.39, 0.29) is 5.56 Å². The first-order valence-electron chi connectivity index (χ1n) is 5.25. The quantitative estimate of drug-likeness (QED) is 0.944. The second-order valence-electron chi connectivity index (χ2n) is 3.84. The summed E-state index contributed by atoms with van der Waals surface area (Å²) in [7, 11) is 1.78. The number of halogens is 1. The number of nitrogens with one attached hydrogen (secondary N) is 1. The van der Waals surface area contributed by atoms with E-state index in [1.54, 1.807) is 17.7 Å². The molecule has 17 heavy (non-hydrogen) atoms. The van der Waals surface area contributed by atoms with E-state index in [1.165, 1.54) is 0 Å². The molecule has 0 unspecified atom stereocenters. The molecule has 1 heterocycles. The van der Waals surface area contributed by atoms with Gasteiger partial charge in [0.05, 0.1) is 5.52 Å². The van der Waals surface area contributed by atoms with Crippen LogP contribution in [-0.2, 0) is 7.05 Å². The van der Waals surface area contributed by atoms with Crippen LogP contribution in [0, 0.1) is 0 Å². The number of anilines is 1. The lowest BCUT2D eigenvalue weighted by molar-refractivity contribution is 0.906. The van der Waals surface area contributed by atoms with Gasteiger partial charge in [-0.3, -0.25) is 4.79 Å². The number of aromatic nitrogens is 1. The first kappa shape index (κ1) is 11.9. The van der Waals surface area contributed by atoms with Gasteiger partial charge in [-0.05, 0) is 6.07 Å². The molecule has 0 amide bonds. The maximum atomic E-state index is 11.8. The smallest absolute Gasteiger partial charge is 0.252 e. The molecule has 3 nitrogen and oxygen atoms in total. The van der Waals surface area contributed by atoms with Gasteiger partial charge >= 0.3 is 0 Å². The van der Waals surface area contributed by atoms with Crippen molar-refractivity contribution in [1.29, 1.82) is 0 Å². The van der Waals surface area contributed by atoms with Crippen molar-refractivity contribution in [2.24, 2.45) is 7.05 Å². The number of hydrogen-bond acceptors (Lipinski definition) is 2. The highest BCUT2D eigenvalue weighted by Crippen LogP contribution is 2.21. The molecule has 1 N–H and O–H groups in total. The summed E-state index contributed by atoms with van der Waals surface area (Å²) in [5.74, 6) is 0. The molecule has 4 heteroatoms. The van der Waals surface area contributed by atoms with Crippen molar-refractivity contribution in [3.05, 3.63) is 51.7 Å². The number of hydrogen-bond donors (Lipinski definition) is 1. The standard InChI is InChI=1S/C13H13BrN2O/c1-9(14)8-15-11-7-13(17)16(2)12-6-4-3-5-10(11)12/h3-7,15H,1,8H2,2H3. The maximum Gasteiger partial charge on any atom is 0.252 e. The Balaban J connectivity index is 2.59. The molecule has 88 valence electrons. The fourth-order valence-electron chi connectivity index (χ4n) is 1.75. The van der Waals surface area contributed by atoms with Gasteiger partial charge in [0.15, 0.2) is 0 Å². The topological polar surface area (TPSA) is 34.0 Å². The lowest BCUT2D eigenvalue weighted by Gasteiger charge is -2.11. The van der Waals surface area contributed by atoms with Crippen LogP contribution in [0.2, 0.25) is 0 Å². The van der Waals surface area contributed by atoms with E-state index in [0.29, 0.717) is 6.54 Å².